The fourth-order valence-corrected chi connectivity index (χ4v) is 15.4. The van der Waals surface area contributed by atoms with Gasteiger partial charge in [0.15, 0.2) is 12.2 Å². The molecule has 19 heteroatoms. The SMILES string of the molecule is CCCCCCCCCCCCCCCCCCCCCC(=O)OC[C@H](COP(=O)(O)OC[C@@H](O)COP(=O)(O)OC[C@@H](COC(=O)CCCCCCCCCCCCCC)OC(=O)CCCCCCCCCCCCCCCCCCC)OC(=O)CCCCCCCCCCCCCCCCCCC(C)C. The molecule has 17 nitrogen and oxygen atoms in total. The van der Waals surface area contributed by atoms with E-state index >= 15 is 0 Å². The number of aliphatic hydroxyl groups excluding tert-OH is 1. The van der Waals surface area contributed by atoms with Gasteiger partial charge in [0.2, 0.25) is 0 Å². The Labute approximate surface area is 658 Å². The maximum atomic E-state index is 13.2. The molecule has 0 fully saturated rings. The number of phosphoric ester groups is 2. The molecule has 0 spiro atoms. The Morgan fingerprint density at radius 3 is 0.636 bits per heavy atom. The molecule has 0 rings (SSSR count). The van der Waals surface area contributed by atoms with Crippen LogP contribution in [0, 0.1) is 5.92 Å². The molecule has 0 aliphatic carbocycles. The third-order valence-electron chi connectivity index (χ3n) is 20.8. The van der Waals surface area contributed by atoms with Gasteiger partial charge in [-0.1, -0.05) is 426 Å². The van der Waals surface area contributed by atoms with Crippen molar-refractivity contribution >= 4 is 39.5 Å². The van der Waals surface area contributed by atoms with E-state index in [1.54, 1.807) is 0 Å². The number of phosphoric acid groups is 2. The van der Waals surface area contributed by atoms with Gasteiger partial charge in [0.1, 0.15) is 19.3 Å². The zero-order chi connectivity index (χ0) is 78.3. The Morgan fingerprint density at radius 1 is 0.252 bits per heavy atom. The van der Waals surface area contributed by atoms with Crippen LogP contribution in [0.15, 0.2) is 0 Å². The molecule has 3 N–H and O–H groups in total. The summed E-state index contributed by atoms with van der Waals surface area (Å²) in [4.78, 5) is 73.3. The van der Waals surface area contributed by atoms with Crippen LogP contribution in [0.2, 0.25) is 0 Å². The van der Waals surface area contributed by atoms with Gasteiger partial charge in [-0.15, -0.1) is 0 Å². The number of rotatable bonds is 88. The number of hydrogen-bond donors (Lipinski definition) is 3. The first-order valence-corrected chi connectivity index (χ1v) is 48.6. The molecular weight excluding hydrogens is 1390 g/mol. The summed E-state index contributed by atoms with van der Waals surface area (Å²) in [6.07, 6.45) is 74.9. The van der Waals surface area contributed by atoms with Crippen molar-refractivity contribution in [2.24, 2.45) is 5.92 Å². The first kappa shape index (κ1) is 105. The number of unbranched alkanes of at least 4 members (excludes halogenated alkanes) is 60. The number of carbonyl (C=O) groups excluding carboxylic acids is 4. The molecule has 0 amide bonds. The smallest absolute Gasteiger partial charge is 0.462 e. The molecular formula is C88H172O17P2. The van der Waals surface area contributed by atoms with Gasteiger partial charge in [-0.05, 0) is 31.6 Å². The quantitative estimate of drug-likeness (QED) is 0.0222. The Bertz CT molecular complexity index is 2030. The topological polar surface area (TPSA) is 237 Å². The maximum absolute atomic E-state index is 13.2. The number of ether oxygens (including phenoxy) is 4. The van der Waals surface area contributed by atoms with E-state index in [-0.39, 0.29) is 25.7 Å². The van der Waals surface area contributed by atoms with Crippen molar-refractivity contribution in [3.8, 4) is 0 Å². The van der Waals surface area contributed by atoms with E-state index in [4.69, 9.17) is 37.0 Å². The van der Waals surface area contributed by atoms with Crippen molar-refractivity contribution in [3.05, 3.63) is 0 Å². The average molecular weight is 1560 g/mol. The van der Waals surface area contributed by atoms with Gasteiger partial charge in [-0.2, -0.15) is 0 Å². The molecule has 0 aromatic heterocycles. The van der Waals surface area contributed by atoms with Crippen LogP contribution in [0.5, 0.6) is 0 Å². The van der Waals surface area contributed by atoms with Crippen molar-refractivity contribution < 1.29 is 80.2 Å². The summed E-state index contributed by atoms with van der Waals surface area (Å²) >= 11 is 0. The number of esters is 4. The van der Waals surface area contributed by atoms with Gasteiger partial charge in [0, 0.05) is 25.7 Å². The van der Waals surface area contributed by atoms with E-state index in [0.717, 1.165) is 95.8 Å². The minimum Gasteiger partial charge on any atom is -0.462 e. The second-order valence-electron chi connectivity index (χ2n) is 32.1. The molecule has 5 atom stereocenters. The van der Waals surface area contributed by atoms with Crippen LogP contribution in [0.1, 0.15) is 478 Å². The highest BCUT2D eigenvalue weighted by Gasteiger charge is 2.30. The predicted molar refractivity (Wildman–Crippen MR) is 442 cm³/mol. The fourth-order valence-electron chi connectivity index (χ4n) is 13.8. The Kier molecular flexibility index (Phi) is 79.2. The summed E-state index contributed by atoms with van der Waals surface area (Å²) in [7, 11) is -9.93. The van der Waals surface area contributed by atoms with Crippen LogP contribution in [-0.2, 0) is 65.4 Å². The van der Waals surface area contributed by atoms with E-state index < -0.39 is 97.5 Å². The minimum atomic E-state index is -4.97. The molecule has 0 aromatic rings. The highest BCUT2D eigenvalue weighted by atomic mass is 31.2. The minimum absolute atomic E-state index is 0.109. The van der Waals surface area contributed by atoms with Gasteiger partial charge in [0.25, 0.3) is 0 Å². The molecule has 107 heavy (non-hydrogen) atoms. The van der Waals surface area contributed by atoms with Crippen LogP contribution in [0.25, 0.3) is 0 Å². The monoisotopic (exact) mass is 1560 g/mol. The van der Waals surface area contributed by atoms with Gasteiger partial charge in [-0.3, -0.25) is 37.3 Å². The van der Waals surface area contributed by atoms with E-state index in [9.17, 15) is 43.2 Å². The molecule has 0 radical (unpaired) electrons. The molecule has 0 saturated heterocycles. The lowest BCUT2D eigenvalue weighted by atomic mass is 10.0. The predicted octanol–water partition coefficient (Wildman–Crippen LogP) is 27.2. The van der Waals surface area contributed by atoms with Crippen LogP contribution in [0.3, 0.4) is 0 Å². The number of carbonyl (C=O) groups is 4. The average Bonchev–Trinajstić information content (AvgIpc) is 0.913. The molecule has 0 heterocycles. The van der Waals surface area contributed by atoms with Crippen LogP contribution < -0.4 is 0 Å². The zero-order valence-corrected chi connectivity index (χ0v) is 72.1. The Morgan fingerprint density at radius 2 is 0.430 bits per heavy atom. The molecule has 0 saturated carbocycles. The summed E-state index contributed by atoms with van der Waals surface area (Å²) < 4.78 is 69.0. The molecule has 636 valence electrons. The standard InChI is InChI=1S/C88H172O17P2/c1-6-9-12-15-18-21-24-27-29-31-32-34-38-42-47-52-57-62-67-72-86(91)99-78-84(105-88(93)74-69-64-59-54-49-44-40-36-35-37-41-45-50-55-60-65-70-81(4)5)80-103-107(96,97)101-76-82(89)75-100-106(94,95)102-79-83(77-98-85(90)71-66-61-56-51-46-26-23-20-17-14-11-8-3)104-87(92)73-68-63-58-53-48-43-39-33-30-28-25-22-19-16-13-10-7-2/h81-84,89H,6-80H2,1-5H3,(H,94,95)(H,96,97)/t82-,83+,84+/m0/s1. The third kappa shape index (κ3) is 81.9. The number of aliphatic hydroxyl groups is 1. The first-order chi connectivity index (χ1) is 52.0. The van der Waals surface area contributed by atoms with Crippen molar-refractivity contribution in [1.82, 2.24) is 0 Å². The lowest BCUT2D eigenvalue weighted by molar-refractivity contribution is -0.161. The number of hydrogen-bond acceptors (Lipinski definition) is 15. The highest BCUT2D eigenvalue weighted by molar-refractivity contribution is 7.47. The first-order valence-electron chi connectivity index (χ1n) is 45.6. The fraction of sp³-hybridized carbons (Fsp3) is 0.955. The van der Waals surface area contributed by atoms with E-state index in [1.807, 2.05) is 0 Å². The van der Waals surface area contributed by atoms with Crippen LogP contribution in [-0.4, -0.2) is 96.7 Å². The maximum Gasteiger partial charge on any atom is 0.472 e. The Balaban J connectivity index is 5.25. The summed E-state index contributed by atoms with van der Waals surface area (Å²) in [5, 5.41) is 10.7. The normalized spacial score (nSPS) is 13.7. The van der Waals surface area contributed by atoms with Gasteiger partial charge < -0.3 is 33.8 Å². The van der Waals surface area contributed by atoms with Gasteiger partial charge >= 0.3 is 39.5 Å². The van der Waals surface area contributed by atoms with Crippen molar-refractivity contribution in [1.29, 1.82) is 0 Å². The second kappa shape index (κ2) is 80.7. The van der Waals surface area contributed by atoms with E-state index in [1.165, 1.54) is 302 Å². The molecule has 0 aliphatic heterocycles. The largest absolute Gasteiger partial charge is 0.472 e. The molecule has 0 aromatic carbocycles. The highest BCUT2D eigenvalue weighted by Crippen LogP contribution is 2.45. The van der Waals surface area contributed by atoms with Crippen molar-refractivity contribution in [3.63, 3.8) is 0 Å². The molecule has 2 unspecified atom stereocenters. The lowest BCUT2D eigenvalue weighted by Crippen LogP contribution is -2.30. The summed E-state index contributed by atoms with van der Waals surface area (Å²) in [5.74, 6) is -1.29. The van der Waals surface area contributed by atoms with Crippen molar-refractivity contribution in [2.45, 2.75) is 496 Å². The molecule has 0 bridgehead atoms. The van der Waals surface area contributed by atoms with Gasteiger partial charge in [0.05, 0.1) is 26.4 Å². The summed E-state index contributed by atoms with van der Waals surface area (Å²) in [6, 6.07) is 0. The zero-order valence-electron chi connectivity index (χ0n) is 70.3. The Hall–Kier alpha value is -1.94. The molecule has 0 aliphatic rings. The van der Waals surface area contributed by atoms with Crippen LogP contribution >= 0.6 is 15.6 Å². The van der Waals surface area contributed by atoms with Crippen LogP contribution in [0.4, 0.5) is 0 Å². The van der Waals surface area contributed by atoms with Crippen molar-refractivity contribution in [2.75, 3.05) is 39.6 Å². The lowest BCUT2D eigenvalue weighted by Gasteiger charge is -2.21. The summed E-state index contributed by atoms with van der Waals surface area (Å²) in [5.41, 5.74) is 0. The summed E-state index contributed by atoms with van der Waals surface area (Å²) in [6.45, 7) is 7.42. The second-order valence-corrected chi connectivity index (χ2v) is 35.0. The van der Waals surface area contributed by atoms with E-state index in [2.05, 4.69) is 34.6 Å². The van der Waals surface area contributed by atoms with Gasteiger partial charge in [-0.25, -0.2) is 9.13 Å². The third-order valence-corrected chi connectivity index (χ3v) is 22.7. The van der Waals surface area contributed by atoms with E-state index in [0.29, 0.717) is 25.7 Å².